The number of anilines is 2. The Bertz CT molecular complexity index is 571. The third kappa shape index (κ3) is 4.05. The van der Waals surface area contributed by atoms with Gasteiger partial charge in [0, 0.05) is 24.2 Å². The molecular formula is C17H25N3S. The van der Waals surface area contributed by atoms with E-state index in [1.807, 2.05) is 0 Å². The molecule has 0 amide bonds. The zero-order valence-corrected chi connectivity index (χ0v) is 14.4. The molecule has 1 unspecified atom stereocenters. The normalized spacial score (nSPS) is 12.4. The van der Waals surface area contributed by atoms with Crippen molar-refractivity contribution < 1.29 is 0 Å². The molecule has 0 saturated heterocycles. The second-order valence-electron chi connectivity index (χ2n) is 5.64. The summed E-state index contributed by atoms with van der Waals surface area (Å²) in [6.07, 6.45) is 1.14. The lowest BCUT2D eigenvalue weighted by molar-refractivity contribution is 0.561. The fraction of sp³-hybridized carbons (Fsp3) is 0.471. The predicted molar refractivity (Wildman–Crippen MR) is 92.8 cm³/mol. The van der Waals surface area contributed by atoms with Gasteiger partial charge in [0.25, 0.3) is 0 Å². The Morgan fingerprint density at radius 3 is 2.52 bits per heavy atom. The van der Waals surface area contributed by atoms with Crippen LogP contribution < -0.4 is 10.2 Å². The molecule has 1 aromatic heterocycles. The maximum Gasteiger partial charge on any atom is 0.189 e. The number of rotatable bonds is 6. The highest BCUT2D eigenvalue weighted by molar-refractivity contribution is 7.13. The Kier molecular flexibility index (Phi) is 5.37. The Labute approximate surface area is 132 Å². The Hall–Kier alpha value is -1.39. The molecule has 0 aliphatic heterocycles. The minimum Gasteiger partial charge on any atom is -0.321 e. The van der Waals surface area contributed by atoms with E-state index in [1.54, 1.807) is 11.3 Å². The van der Waals surface area contributed by atoms with Gasteiger partial charge in [0.2, 0.25) is 0 Å². The topological polar surface area (TPSA) is 28.2 Å². The highest BCUT2D eigenvalue weighted by Gasteiger charge is 2.13. The van der Waals surface area contributed by atoms with Crippen LogP contribution in [0, 0.1) is 13.8 Å². The molecule has 3 nitrogen and oxygen atoms in total. The quantitative estimate of drug-likeness (QED) is 0.846. The largest absolute Gasteiger partial charge is 0.321 e. The summed E-state index contributed by atoms with van der Waals surface area (Å²) in [4.78, 5) is 6.95. The van der Waals surface area contributed by atoms with E-state index >= 15 is 0 Å². The van der Waals surface area contributed by atoms with E-state index in [1.165, 1.54) is 16.8 Å². The van der Waals surface area contributed by atoms with E-state index in [4.69, 9.17) is 4.98 Å². The number of benzene rings is 1. The summed E-state index contributed by atoms with van der Waals surface area (Å²) >= 11 is 1.70. The van der Waals surface area contributed by atoms with Crippen LogP contribution in [0.1, 0.15) is 43.1 Å². The lowest BCUT2D eigenvalue weighted by Crippen LogP contribution is -2.19. The van der Waals surface area contributed by atoms with Crippen molar-refractivity contribution >= 4 is 22.2 Å². The van der Waals surface area contributed by atoms with Crippen LogP contribution in [0.25, 0.3) is 0 Å². The van der Waals surface area contributed by atoms with Crippen molar-refractivity contribution in [3.63, 3.8) is 0 Å². The fourth-order valence-corrected chi connectivity index (χ4v) is 3.25. The van der Waals surface area contributed by atoms with Gasteiger partial charge in [-0.2, -0.15) is 0 Å². The molecule has 0 bridgehead atoms. The van der Waals surface area contributed by atoms with Gasteiger partial charge < -0.3 is 10.2 Å². The Morgan fingerprint density at radius 2 is 1.90 bits per heavy atom. The summed E-state index contributed by atoms with van der Waals surface area (Å²) in [5.41, 5.74) is 4.89. The summed E-state index contributed by atoms with van der Waals surface area (Å²) in [5.74, 6) is 0. The molecule has 2 rings (SSSR count). The molecule has 1 heterocycles. The van der Waals surface area contributed by atoms with Gasteiger partial charge in [0.15, 0.2) is 5.13 Å². The zero-order valence-electron chi connectivity index (χ0n) is 13.6. The zero-order chi connectivity index (χ0) is 15.4. The maximum atomic E-state index is 4.78. The van der Waals surface area contributed by atoms with E-state index in [-0.39, 0.29) is 0 Å². The molecule has 0 fully saturated rings. The SMILES string of the molecule is CCCNC(C)c1csc(N(C)c2cc(C)cc(C)c2)n1. The first-order valence-electron chi connectivity index (χ1n) is 7.52. The van der Waals surface area contributed by atoms with Gasteiger partial charge in [-0.15, -0.1) is 11.3 Å². The van der Waals surface area contributed by atoms with Crippen LogP contribution in [0.3, 0.4) is 0 Å². The maximum absolute atomic E-state index is 4.78. The smallest absolute Gasteiger partial charge is 0.189 e. The number of nitrogens with zero attached hydrogens (tertiary/aromatic N) is 2. The van der Waals surface area contributed by atoms with Crippen LogP contribution in [0.4, 0.5) is 10.8 Å². The summed E-state index contributed by atoms with van der Waals surface area (Å²) < 4.78 is 0. The van der Waals surface area contributed by atoms with Crippen LogP contribution >= 0.6 is 11.3 Å². The van der Waals surface area contributed by atoms with Gasteiger partial charge >= 0.3 is 0 Å². The molecule has 0 aliphatic rings. The first kappa shape index (κ1) is 16.0. The molecule has 0 saturated carbocycles. The Balaban J connectivity index is 2.16. The number of nitrogens with one attached hydrogen (secondary N) is 1. The molecule has 0 aliphatic carbocycles. The molecule has 114 valence electrons. The van der Waals surface area contributed by atoms with Crippen LogP contribution in [0.2, 0.25) is 0 Å². The first-order valence-corrected chi connectivity index (χ1v) is 8.40. The van der Waals surface area contributed by atoms with Gasteiger partial charge in [0.1, 0.15) is 0 Å². The van der Waals surface area contributed by atoms with Crippen molar-refractivity contribution in [1.82, 2.24) is 10.3 Å². The molecule has 4 heteroatoms. The second kappa shape index (κ2) is 7.05. The minimum atomic E-state index is 0.308. The van der Waals surface area contributed by atoms with Crippen molar-refractivity contribution in [2.75, 3.05) is 18.5 Å². The number of aromatic nitrogens is 1. The van der Waals surface area contributed by atoms with Gasteiger partial charge in [-0.3, -0.25) is 0 Å². The number of hydrogen-bond acceptors (Lipinski definition) is 4. The molecule has 1 aromatic carbocycles. The monoisotopic (exact) mass is 303 g/mol. The van der Waals surface area contributed by atoms with E-state index in [0.29, 0.717) is 6.04 Å². The average molecular weight is 303 g/mol. The number of thiazole rings is 1. The van der Waals surface area contributed by atoms with E-state index in [9.17, 15) is 0 Å². The average Bonchev–Trinajstić information content (AvgIpc) is 2.92. The third-order valence-corrected chi connectivity index (χ3v) is 4.47. The van der Waals surface area contributed by atoms with Gasteiger partial charge in [-0.25, -0.2) is 4.98 Å². The molecule has 0 radical (unpaired) electrons. The predicted octanol–water partition coefficient (Wildman–Crippen LogP) is 4.59. The van der Waals surface area contributed by atoms with Crippen molar-refractivity contribution in [2.24, 2.45) is 0 Å². The summed E-state index contributed by atoms with van der Waals surface area (Å²) in [5, 5.41) is 6.68. The van der Waals surface area contributed by atoms with E-state index in [2.05, 4.69) is 68.5 Å². The summed E-state index contributed by atoms with van der Waals surface area (Å²) in [6.45, 7) is 9.65. The van der Waals surface area contributed by atoms with Gasteiger partial charge in [-0.1, -0.05) is 13.0 Å². The second-order valence-corrected chi connectivity index (χ2v) is 6.47. The van der Waals surface area contributed by atoms with E-state index < -0.39 is 0 Å². The van der Waals surface area contributed by atoms with Crippen molar-refractivity contribution in [3.05, 3.63) is 40.4 Å². The molecule has 1 atom stereocenters. The van der Waals surface area contributed by atoms with Crippen molar-refractivity contribution in [1.29, 1.82) is 0 Å². The minimum absolute atomic E-state index is 0.308. The Morgan fingerprint density at radius 1 is 1.24 bits per heavy atom. The number of aryl methyl sites for hydroxylation is 2. The molecule has 21 heavy (non-hydrogen) atoms. The molecular weight excluding hydrogens is 278 g/mol. The highest BCUT2D eigenvalue weighted by Crippen LogP contribution is 2.29. The molecule has 0 spiro atoms. The molecule has 2 aromatic rings. The first-order chi connectivity index (χ1) is 10.0. The van der Waals surface area contributed by atoms with Crippen molar-refractivity contribution in [3.8, 4) is 0 Å². The lowest BCUT2D eigenvalue weighted by atomic mass is 10.1. The van der Waals surface area contributed by atoms with Crippen LogP contribution in [-0.4, -0.2) is 18.6 Å². The van der Waals surface area contributed by atoms with E-state index in [0.717, 1.165) is 23.8 Å². The highest BCUT2D eigenvalue weighted by atomic mass is 32.1. The van der Waals surface area contributed by atoms with Crippen LogP contribution in [0.5, 0.6) is 0 Å². The molecule has 1 N–H and O–H groups in total. The van der Waals surface area contributed by atoms with Gasteiger partial charge in [-0.05, 0) is 57.0 Å². The lowest BCUT2D eigenvalue weighted by Gasteiger charge is -2.17. The third-order valence-electron chi connectivity index (χ3n) is 3.53. The van der Waals surface area contributed by atoms with Gasteiger partial charge in [0.05, 0.1) is 5.69 Å². The number of hydrogen-bond donors (Lipinski definition) is 1. The van der Waals surface area contributed by atoms with Crippen molar-refractivity contribution in [2.45, 2.75) is 40.2 Å². The van der Waals surface area contributed by atoms with Crippen LogP contribution in [-0.2, 0) is 0 Å². The summed E-state index contributed by atoms with van der Waals surface area (Å²) in [6, 6.07) is 6.91. The summed E-state index contributed by atoms with van der Waals surface area (Å²) in [7, 11) is 2.08. The standard InChI is InChI=1S/C17H25N3S/c1-6-7-18-14(4)16-11-21-17(19-16)20(5)15-9-12(2)8-13(3)10-15/h8-11,14,18H,6-7H2,1-5H3. The van der Waals surface area contributed by atoms with Crippen LogP contribution in [0.15, 0.2) is 23.6 Å². The fourth-order valence-electron chi connectivity index (χ4n) is 2.35.